The van der Waals surface area contributed by atoms with Crippen LogP contribution in [0.1, 0.15) is 69.1 Å². The summed E-state index contributed by atoms with van der Waals surface area (Å²) in [4.78, 5) is 25.4. The van der Waals surface area contributed by atoms with Crippen LogP contribution in [0.3, 0.4) is 0 Å². The minimum absolute atomic E-state index is 0. The summed E-state index contributed by atoms with van der Waals surface area (Å²) in [5.74, 6) is -0.886. The molecule has 27 heavy (non-hydrogen) atoms. The maximum atomic E-state index is 12.9. The maximum Gasteiger partial charge on any atom is 0.291 e. The van der Waals surface area contributed by atoms with Gasteiger partial charge in [-0.25, -0.2) is 0 Å². The zero-order valence-electron chi connectivity index (χ0n) is 16.2. The molecule has 2 heterocycles. The molecule has 150 valence electrons. The number of aromatic hydroxyl groups is 1. The first kappa shape index (κ1) is 21.2. The normalized spacial score (nSPS) is 15.4. The molecule has 1 aliphatic carbocycles. The van der Waals surface area contributed by atoms with E-state index in [-0.39, 0.29) is 41.3 Å². The summed E-state index contributed by atoms with van der Waals surface area (Å²) in [6.45, 7) is 8.39. The van der Waals surface area contributed by atoms with Crippen molar-refractivity contribution in [2.75, 3.05) is 0 Å². The lowest BCUT2D eigenvalue weighted by Crippen LogP contribution is -2.35. The molecule has 8 nitrogen and oxygen atoms in total. The van der Waals surface area contributed by atoms with Gasteiger partial charge in [0.2, 0.25) is 5.88 Å². The van der Waals surface area contributed by atoms with Crippen molar-refractivity contribution in [2.24, 2.45) is 11.1 Å². The van der Waals surface area contributed by atoms with Gasteiger partial charge in [0, 0.05) is 24.7 Å². The Morgan fingerprint density at radius 3 is 2.59 bits per heavy atom. The lowest BCUT2D eigenvalue weighted by Gasteiger charge is -2.23. The number of hydrogen-bond acceptors (Lipinski definition) is 5. The third kappa shape index (κ3) is 4.27. The van der Waals surface area contributed by atoms with Crippen molar-refractivity contribution in [3.8, 4) is 5.88 Å². The van der Waals surface area contributed by atoms with Crippen LogP contribution in [-0.4, -0.2) is 31.2 Å². The van der Waals surface area contributed by atoms with Gasteiger partial charge in [-0.15, -0.1) is 12.4 Å². The maximum absolute atomic E-state index is 12.9. The Labute approximate surface area is 164 Å². The van der Waals surface area contributed by atoms with E-state index in [4.69, 9.17) is 5.73 Å². The molecule has 2 aromatic heterocycles. The van der Waals surface area contributed by atoms with Crippen LogP contribution in [0.4, 0.5) is 0 Å². The molecule has 0 aliphatic heterocycles. The van der Waals surface area contributed by atoms with Crippen LogP contribution >= 0.6 is 12.4 Å². The molecule has 0 radical (unpaired) electrons. The van der Waals surface area contributed by atoms with Gasteiger partial charge in [0.1, 0.15) is 5.65 Å². The number of nitrogens with two attached hydrogens (primary N) is 1. The number of amides is 1. The summed E-state index contributed by atoms with van der Waals surface area (Å²) in [5, 5.41) is 17.9. The molecule has 1 aliphatic rings. The number of carbonyl (C=O) groups excluding carboxylic acids is 1. The molecular weight excluding hydrogens is 370 g/mol. The zero-order valence-corrected chi connectivity index (χ0v) is 17.0. The molecule has 3 rings (SSSR count). The number of fused-ring (bicyclic) bond motifs is 1. The van der Waals surface area contributed by atoms with Gasteiger partial charge in [-0.3, -0.25) is 14.2 Å². The predicted molar refractivity (Wildman–Crippen MR) is 106 cm³/mol. The number of carbonyl (C=O) groups is 1. The first-order valence-corrected chi connectivity index (χ1v) is 9.04. The van der Waals surface area contributed by atoms with E-state index in [0.29, 0.717) is 24.3 Å². The number of nitrogens with zero attached hydrogens (tertiary/aromatic N) is 3. The number of rotatable bonds is 5. The second-order valence-electron chi connectivity index (χ2n) is 8.25. The van der Waals surface area contributed by atoms with Crippen LogP contribution in [0, 0.1) is 5.41 Å². The molecule has 2 aromatic rings. The molecule has 0 saturated heterocycles. The second kappa shape index (κ2) is 7.52. The number of halogens is 1. The van der Waals surface area contributed by atoms with Crippen LogP contribution in [0.2, 0.25) is 0 Å². The minimum Gasteiger partial charge on any atom is -0.494 e. The smallest absolute Gasteiger partial charge is 0.291 e. The Hall–Kier alpha value is -2.06. The minimum atomic E-state index is -0.629. The fraction of sp³-hybridized carbons (Fsp3) is 0.611. The highest BCUT2D eigenvalue weighted by Gasteiger charge is 2.30. The Balaban J connectivity index is 0.00000261. The van der Waals surface area contributed by atoms with Gasteiger partial charge in [0.15, 0.2) is 5.56 Å². The molecule has 1 unspecified atom stereocenters. The molecule has 1 fully saturated rings. The lowest BCUT2D eigenvalue weighted by molar-refractivity contribution is 0.0944. The van der Waals surface area contributed by atoms with Gasteiger partial charge in [0.05, 0.1) is 5.69 Å². The van der Waals surface area contributed by atoms with Crippen LogP contribution in [0.25, 0.3) is 5.65 Å². The second-order valence-corrected chi connectivity index (χ2v) is 8.25. The standard InChI is InChI=1S/C18H27N5O3.ClH/c1-5-11(19)12-8-13-22(9-18(2,3)4)16(25)14(17(26)23(13)21-12)15(24)20-10-6-7-10;/h8,10-11,25H,5-7,9,19H2,1-4H3,(H,20,24);1H. The number of aromatic nitrogens is 3. The lowest BCUT2D eigenvalue weighted by atomic mass is 9.96. The van der Waals surface area contributed by atoms with Crippen molar-refractivity contribution in [1.82, 2.24) is 19.5 Å². The molecule has 4 N–H and O–H groups in total. The molecule has 0 bridgehead atoms. The van der Waals surface area contributed by atoms with Crippen LogP contribution in [0.5, 0.6) is 5.88 Å². The summed E-state index contributed by atoms with van der Waals surface area (Å²) in [6.07, 6.45) is 2.45. The van der Waals surface area contributed by atoms with Crippen molar-refractivity contribution >= 4 is 24.0 Å². The fourth-order valence-electron chi connectivity index (χ4n) is 2.88. The van der Waals surface area contributed by atoms with Crippen molar-refractivity contribution in [3.05, 3.63) is 27.7 Å². The third-order valence-electron chi connectivity index (χ3n) is 4.46. The molecule has 9 heteroatoms. The van der Waals surface area contributed by atoms with E-state index in [1.54, 1.807) is 10.6 Å². The van der Waals surface area contributed by atoms with Gasteiger partial charge in [0.25, 0.3) is 11.5 Å². The Bertz CT molecular complexity index is 908. The van der Waals surface area contributed by atoms with E-state index in [1.165, 1.54) is 4.52 Å². The van der Waals surface area contributed by atoms with E-state index < -0.39 is 11.5 Å². The average Bonchev–Trinajstić information content (AvgIpc) is 3.24. The van der Waals surface area contributed by atoms with Crippen LogP contribution in [-0.2, 0) is 6.54 Å². The van der Waals surface area contributed by atoms with Gasteiger partial charge < -0.3 is 16.2 Å². The highest BCUT2D eigenvalue weighted by Crippen LogP contribution is 2.27. The van der Waals surface area contributed by atoms with Gasteiger partial charge in [-0.1, -0.05) is 27.7 Å². The van der Waals surface area contributed by atoms with E-state index in [0.717, 1.165) is 12.8 Å². The largest absolute Gasteiger partial charge is 0.494 e. The van der Waals surface area contributed by atoms with Crippen LogP contribution < -0.4 is 16.6 Å². The SMILES string of the molecule is CCC(N)c1cc2n(CC(C)(C)C)c(O)c(C(=O)NC3CC3)c(=O)n2n1.Cl. The van der Waals surface area contributed by atoms with Crippen molar-refractivity contribution in [1.29, 1.82) is 0 Å². The summed E-state index contributed by atoms with van der Waals surface area (Å²) in [7, 11) is 0. The average molecular weight is 398 g/mol. The molecule has 0 aromatic carbocycles. The van der Waals surface area contributed by atoms with E-state index in [2.05, 4.69) is 10.4 Å². The van der Waals surface area contributed by atoms with E-state index >= 15 is 0 Å². The summed E-state index contributed by atoms with van der Waals surface area (Å²) < 4.78 is 2.75. The van der Waals surface area contributed by atoms with Crippen molar-refractivity contribution in [3.63, 3.8) is 0 Å². The molecule has 1 saturated carbocycles. The summed E-state index contributed by atoms with van der Waals surface area (Å²) in [6, 6.07) is 1.47. The highest BCUT2D eigenvalue weighted by molar-refractivity contribution is 5.96. The summed E-state index contributed by atoms with van der Waals surface area (Å²) >= 11 is 0. The molecule has 1 atom stereocenters. The Kier molecular flexibility index (Phi) is 5.91. The van der Waals surface area contributed by atoms with Gasteiger partial charge in [-0.05, 0) is 24.7 Å². The first-order chi connectivity index (χ1) is 12.1. The molecule has 0 spiro atoms. The first-order valence-electron chi connectivity index (χ1n) is 9.04. The topological polar surface area (TPSA) is 115 Å². The Morgan fingerprint density at radius 1 is 1.44 bits per heavy atom. The Morgan fingerprint density at radius 2 is 2.07 bits per heavy atom. The van der Waals surface area contributed by atoms with E-state index in [1.807, 2.05) is 27.7 Å². The molecule has 1 amide bonds. The van der Waals surface area contributed by atoms with Crippen LogP contribution in [0.15, 0.2) is 10.9 Å². The summed E-state index contributed by atoms with van der Waals surface area (Å²) in [5.41, 5.74) is 5.98. The monoisotopic (exact) mass is 397 g/mol. The van der Waals surface area contributed by atoms with E-state index in [9.17, 15) is 14.7 Å². The quantitative estimate of drug-likeness (QED) is 0.713. The number of nitrogens with one attached hydrogen (secondary N) is 1. The highest BCUT2D eigenvalue weighted by atomic mass is 35.5. The number of hydrogen-bond donors (Lipinski definition) is 3. The van der Waals surface area contributed by atoms with Gasteiger partial charge in [-0.2, -0.15) is 9.61 Å². The molecular formula is C18H28ClN5O3. The van der Waals surface area contributed by atoms with Crippen molar-refractivity contribution in [2.45, 2.75) is 65.6 Å². The third-order valence-corrected chi connectivity index (χ3v) is 4.46. The predicted octanol–water partition coefficient (Wildman–Crippen LogP) is 1.97. The fourth-order valence-corrected chi connectivity index (χ4v) is 2.88. The zero-order chi connectivity index (χ0) is 19.2. The van der Waals surface area contributed by atoms with Crippen molar-refractivity contribution < 1.29 is 9.90 Å². The van der Waals surface area contributed by atoms with Gasteiger partial charge >= 0.3 is 0 Å².